The summed E-state index contributed by atoms with van der Waals surface area (Å²) in [4.78, 5) is 42.9. The zero-order valence-corrected chi connectivity index (χ0v) is 42.0. The highest BCUT2D eigenvalue weighted by molar-refractivity contribution is 7.89. The summed E-state index contributed by atoms with van der Waals surface area (Å²) >= 11 is 23.9. The topological polar surface area (TPSA) is 157 Å². The van der Waals surface area contributed by atoms with Crippen LogP contribution in [-0.4, -0.2) is 156 Å². The van der Waals surface area contributed by atoms with Crippen LogP contribution in [0, 0.1) is 0 Å². The number of hydrogen-bond acceptors (Lipinski definition) is 11. The predicted octanol–water partition coefficient (Wildman–Crippen LogP) is 7.72. The molecule has 0 bridgehead atoms. The first-order chi connectivity index (χ1) is 29.6. The van der Waals surface area contributed by atoms with Crippen LogP contribution in [0.4, 0.5) is 4.79 Å². The van der Waals surface area contributed by atoms with Crippen molar-refractivity contribution in [3.05, 3.63) is 56.5 Å². The van der Waals surface area contributed by atoms with Crippen molar-refractivity contribution >= 4 is 84.1 Å². The first-order valence-electron chi connectivity index (χ1n) is 21.6. The van der Waals surface area contributed by atoms with Crippen molar-refractivity contribution < 1.29 is 36.0 Å². The van der Waals surface area contributed by atoms with E-state index in [1.807, 2.05) is 20.8 Å². The third-order valence-corrected chi connectivity index (χ3v) is 16.4. The van der Waals surface area contributed by atoms with Gasteiger partial charge in [-0.25, -0.2) is 30.2 Å². The molecule has 2 aliphatic heterocycles. The molecule has 14 nitrogen and oxygen atoms in total. The van der Waals surface area contributed by atoms with Crippen molar-refractivity contribution in [2.24, 2.45) is 0 Å². The first-order valence-corrected chi connectivity index (χ1v) is 26.0. The molecule has 63 heavy (non-hydrogen) atoms. The van der Waals surface area contributed by atoms with Crippen LogP contribution in [0.25, 0.3) is 0 Å². The quantitative estimate of drug-likeness (QED) is 0.115. The number of Topliss-reactive ketones (excluding diaryl/α,β-unsaturated/α-hetero) is 2. The Morgan fingerprint density at radius 2 is 1.03 bits per heavy atom. The van der Waals surface area contributed by atoms with Gasteiger partial charge in [-0.1, -0.05) is 71.4 Å². The summed E-state index contributed by atoms with van der Waals surface area (Å²) in [5, 5.41) is 3.68. The van der Waals surface area contributed by atoms with E-state index in [1.54, 1.807) is 11.0 Å². The van der Waals surface area contributed by atoms with Crippen LogP contribution < -0.4 is 5.32 Å². The maximum atomic E-state index is 12.7. The van der Waals surface area contributed by atoms with Crippen molar-refractivity contribution in [3.63, 3.8) is 0 Å². The molecule has 20 heteroatoms. The molecule has 0 saturated carbocycles. The summed E-state index contributed by atoms with van der Waals surface area (Å²) in [7, 11) is -4.71. The minimum absolute atomic E-state index is 0.00632. The fraction of sp³-hybridized carbons (Fsp3) is 0.651. The maximum Gasteiger partial charge on any atom is 0.410 e. The van der Waals surface area contributed by atoms with Crippen molar-refractivity contribution in [3.8, 4) is 0 Å². The van der Waals surface area contributed by atoms with Gasteiger partial charge in [0, 0.05) is 105 Å². The van der Waals surface area contributed by atoms with Crippen molar-refractivity contribution in [1.29, 1.82) is 0 Å². The summed E-state index contributed by atoms with van der Waals surface area (Å²) in [6.45, 7) is 15.1. The fourth-order valence-corrected chi connectivity index (χ4v) is 10.6. The van der Waals surface area contributed by atoms with Crippen LogP contribution in [0.1, 0.15) is 85.0 Å². The number of nitrogens with zero attached hydrogens (tertiary/aromatic N) is 5. The molecule has 0 atom stereocenters. The Hall–Kier alpha value is -2.09. The van der Waals surface area contributed by atoms with E-state index in [-0.39, 0.29) is 73.5 Å². The van der Waals surface area contributed by atoms with E-state index >= 15 is 0 Å². The van der Waals surface area contributed by atoms with Crippen LogP contribution >= 0.6 is 46.4 Å². The normalized spacial score (nSPS) is 15.6. The monoisotopic (exact) mass is 998 g/mol. The number of benzene rings is 2. The van der Waals surface area contributed by atoms with Gasteiger partial charge in [0.25, 0.3) is 0 Å². The van der Waals surface area contributed by atoms with Crippen LogP contribution in [-0.2, 0) is 34.4 Å². The van der Waals surface area contributed by atoms with E-state index in [0.717, 1.165) is 99.5 Å². The molecular weight excluding hydrogens is 934 g/mol. The average molecular weight is 1000 g/mol. The molecule has 2 heterocycles. The van der Waals surface area contributed by atoms with Crippen LogP contribution in [0.5, 0.6) is 0 Å². The molecule has 0 radical (unpaired) electrons. The fourth-order valence-electron chi connectivity index (χ4n) is 6.84. The SMILES string of the molecule is CN(CCC(=O)CCCCCN1CCN(C(=O)OC(C)(C)C)CC1)S(=O)(=O)c1cccc(Cl)c1Cl.CN(CCC(=O)CCCCCN1CCNCC1)S(=O)(=O)c1cccc(Cl)c1Cl. The highest BCUT2D eigenvalue weighted by Gasteiger charge is 2.28. The number of halogens is 4. The molecule has 1 amide bonds. The molecule has 2 aromatic carbocycles. The lowest BCUT2D eigenvalue weighted by molar-refractivity contribution is -0.120. The minimum atomic E-state index is -3.82. The predicted molar refractivity (Wildman–Crippen MR) is 252 cm³/mol. The Morgan fingerprint density at radius 3 is 1.44 bits per heavy atom. The number of sulfonamides is 2. The lowest BCUT2D eigenvalue weighted by Gasteiger charge is -2.35. The third kappa shape index (κ3) is 19.0. The number of carbonyl (C=O) groups excluding carboxylic acids is 3. The molecule has 0 aromatic heterocycles. The Balaban J connectivity index is 0.000000344. The smallest absolute Gasteiger partial charge is 0.410 e. The number of rotatable bonds is 22. The standard InChI is InChI=1S/C24H37Cl2N3O5S.C19H29Cl2N3O3S/c1-24(2,3)34-23(31)29-17-15-28(16-18-29)13-7-5-6-9-19(30)12-14-27(4)35(32,33)21-11-8-10-20(25)22(21)26;1-23(28(26,27)18-8-5-7-17(20)19(18)21)13-9-16(25)6-3-2-4-12-24-14-10-22-11-15-24/h8,10-11H,5-7,9,12-18H2,1-4H3;5,7-8,22H,2-4,6,9-15H2,1H3. The number of carbonyl (C=O) groups is 3. The average Bonchev–Trinajstić information content (AvgIpc) is 3.23. The van der Waals surface area contributed by atoms with Gasteiger partial charge in [0.05, 0.1) is 20.1 Å². The molecule has 0 aliphatic carbocycles. The number of ether oxygens (including phenoxy) is 1. The van der Waals surface area contributed by atoms with Gasteiger partial charge < -0.3 is 19.9 Å². The van der Waals surface area contributed by atoms with Gasteiger partial charge in [0.2, 0.25) is 20.0 Å². The molecule has 2 fully saturated rings. The lowest BCUT2D eigenvalue weighted by atomic mass is 10.1. The largest absolute Gasteiger partial charge is 0.444 e. The van der Waals surface area contributed by atoms with Crippen LogP contribution in [0.3, 0.4) is 0 Å². The number of unbranched alkanes of at least 4 members (excludes halogenated alkanes) is 4. The minimum Gasteiger partial charge on any atom is -0.444 e. The zero-order chi connectivity index (χ0) is 46.8. The Kier molecular flexibility index (Phi) is 23.6. The Bertz CT molecular complexity index is 2010. The highest BCUT2D eigenvalue weighted by atomic mass is 35.5. The van der Waals surface area contributed by atoms with Crippen LogP contribution in [0.2, 0.25) is 20.1 Å². The van der Waals surface area contributed by atoms with E-state index in [9.17, 15) is 31.2 Å². The lowest BCUT2D eigenvalue weighted by Crippen LogP contribution is -2.50. The molecular formula is C43H66Cl4N6O8S2. The second kappa shape index (κ2) is 26.9. The van der Waals surface area contributed by atoms with Gasteiger partial charge in [0.15, 0.2) is 0 Å². The van der Waals surface area contributed by atoms with Gasteiger partial charge in [0.1, 0.15) is 27.0 Å². The van der Waals surface area contributed by atoms with Crippen molar-refractivity contribution in [2.45, 2.75) is 100 Å². The van der Waals surface area contributed by atoms with Crippen LogP contribution in [0.15, 0.2) is 46.2 Å². The zero-order valence-electron chi connectivity index (χ0n) is 37.4. The molecule has 2 aromatic rings. The van der Waals surface area contributed by atoms with Crippen molar-refractivity contribution in [2.75, 3.05) is 92.6 Å². The van der Waals surface area contributed by atoms with Gasteiger partial charge in [-0.15, -0.1) is 0 Å². The maximum absolute atomic E-state index is 12.7. The Morgan fingerprint density at radius 1 is 0.619 bits per heavy atom. The first kappa shape index (κ1) is 55.2. The van der Waals surface area contributed by atoms with Crippen molar-refractivity contribution in [1.82, 2.24) is 28.6 Å². The third-order valence-electron chi connectivity index (χ3n) is 10.7. The van der Waals surface area contributed by atoms with E-state index in [4.69, 9.17) is 51.1 Å². The molecule has 2 aliphatic rings. The molecule has 0 spiro atoms. The van der Waals surface area contributed by atoms with E-state index < -0.39 is 25.6 Å². The summed E-state index contributed by atoms with van der Waals surface area (Å²) < 4.78 is 58.4. The molecule has 1 N–H and O–H groups in total. The number of amides is 1. The molecule has 356 valence electrons. The second-order valence-corrected chi connectivity index (χ2v) is 22.5. The summed E-state index contributed by atoms with van der Waals surface area (Å²) in [6, 6.07) is 8.95. The number of nitrogens with one attached hydrogen (secondary N) is 1. The number of ketones is 2. The summed E-state index contributed by atoms with van der Waals surface area (Å²) in [5.74, 6) is 0.122. The summed E-state index contributed by atoms with van der Waals surface area (Å²) in [6.07, 6.45) is 6.64. The summed E-state index contributed by atoms with van der Waals surface area (Å²) in [5.41, 5.74) is -0.487. The highest BCUT2D eigenvalue weighted by Crippen LogP contribution is 2.32. The van der Waals surface area contributed by atoms with E-state index in [2.05, 4.69) is 15.1 Å². The number of piperazine rings is 2. The van der Waals surface area contributed by atoms with E-state index in [1.165, 1.54) is 44.4 Å². The van der Waals surface area contributed by atoms with Gasteiger partial charge in [-0.3, -0.25) is 14.5 Å². The molecule has 4 rings (SSSR count). The molecule has 0 unspecified atom stereocenters. The van der Waals surface area contributed by atoms with E-state index in [0.29, 0.717) is 25.9 Å². The second-order valence-electron chi connectivity index (χ2n) is 16.9. The number of hydrogen-bond donors (Lipinski definition) is 1. The van der Waals surface area contributed by atoms with Gasteiger partial charge >= 0.3 is 6.09 Å². The van der Waals surface area contributed by atoms with Gasteiger partial charge in [-0.2, -0.15) is 0 Å². The molecule has 2 saturated heterocycles. The van der Waals surface area contributed by atoms with Gasteiger partial charge in [-0.05, 0) is 83.8 Å². The Labute approximate surface area is 395 Å².